The highest BCUT2D eigenvalue weighted by Crippen LogP contribution is 2.33. The lowest BCUT2D eigenvalue weighted by Gasteiger charge is -2.12. The van der Waals surface area contributed by atoms with Crippen molar-refractivity contribution in [1.82, 2.24) is 19.1 Å². The standard InChI is InChI=1S/C26H26N4O3S/c1-3-4-5-13-29-22-12-11-17(25(31)32-2)15-21(22)27-24(29)19-9-6-10-20-23(19)30(26(34)28-20)16-18-8-7-14-33-18/h6-12,14-15H,3-5,13,16H2,1-2H3,(H,28,34). The number of para-hydroxylation sites is 1. The van der Waals surface area contributed by atoms with Crippen LogP contribution in [0.2, 0.25) is 0 Å². The molecule has 0 aliphatic heterocycles. The molecule has 0 N–H and O–H groups in total. The zero-order valence-electron chi connectivity index (χ0n) is 19.2. The number of unbranched alkanes of at least 4 members (excludes halogenated alkanes) is 2. The van der Waals surface area contributed by atoms with E-state index in [1.165, 1.54) is 7.11 Å². The van der Waals surface area contributed by atoms with E-state index in [-0.39, 0.29) is 5.97 Å². The normalized spacial score (nSPS) is 11.5. The molecule has 0 spiro atoms. The number of methoxy groups -OCH3 is 1. The van der Waals surface area contributed by atoms with Crippen molar-refractivity contribution in [2.45, 2.75) is 44.4 Å². The van der Waals surface area contributed by atoms with Crippen molar-refractivity contribution >= 4 is 40.7 Å². The first kappa shape index (κ1) is 22.3. The number of hydrogen-bond donors (Lipinski definition) is 1. The molecule has 5 aromatic rings. The summed E-state index contributed by atoms with van der Waals surface area (Å²) in [5.41, 5.74) is 4.98. The van der Waals surface area contributed by atoms with Crippen molar-refractivity contribution < 1.29 is 13.9 Å². The molecule has 0 aliphatic rings. The average molecular weight is 475 g/mol. The Labute approximate surface area is 202 Å². The smallest absolute Gasteiger partial charge is 0.337 e. The molecule has 34 heavy (non-hydrogen) atoms. The van der Waals surface area contributed by atoms with Gasteiger partial charge in [0, 0.05) is 12.1 Å². The molecule has 0 radical (unpaired) electrons. The number of carbonyl (C=O) groups is 1. The Morgan fingerprint density at radius 1 is 1.06 bits per heavy atom. The molecule has 5 rings (SSSR count). The van der Waals surface area contributed by atoms with E-state index in [9.17, 15) is 4.79 Å². The fourth-order valence-corrected chi connectivity index (χ4v) is 4.67. The quantitative estimate of drug-likeness (QED) is 0.171. The van der Waals surface area contributed by atoms with Crippen LogP contribution in [-0.2, 0) is 17.8 Å². The van der Waals surface area contributed by atoms with Crippen molar-refractivity contribution in [3.05, 3.63) is 66.1 Å². The molecule has 0 atom stereocenters. The van der Waals surface area contributed by atoms with Crippen LogP contribution >= 0.6 is 12.6 Å². The summed E-state index contributed by atoms with van der Waals surface area (Å²) >= 11 is 4.65. The summed E-state index contributed by atoms with van der Waals surface area (Å²) in [4.78, 5) is 21.8. The zero-order chi connectivity index (χ0) is 23.7. The summed E-state index contributed by atoms with van der Waals surface area (Å²) in [6.45, 7) is 3.54. The third-order valence-corrected chi connectivity index (χ3v) is 6.38. The van der Waals surface area contributed by atoms with Crippen molar-refractivity contribution in [1.29, 1.82) is 0 Å². The number of nitrogens with zero attached hydrogens (tertiary/aromatic N) is 4. The van der Waals surface area contributed by atoms with E-state index in [0.717, 1.165) is 65.0 Å². The maximum atomic E-state index is 12.1. The number of furan rings is 1. The van der Waals surface area contributed by atoms with Crippen molar-refractivity contribution in [3.63, 3.8) is 0 Å². The third kappa shape index (κ3) is 3.98. The van der Waals surface area contributed by atoms with Gasteiger partial charge in [0.1, 0.15) is 11.6 Å². The van der Waals surface area contributed by atoms with Gasteiger partial charge in [-0.05, 0) is 48.9 Å². The highest BCUT2D eigenvalue weighted by Gasteiger charge is 2.20. The Balaban J connectivity index is 1.71. The molecule has 2 aromatic carbocycles. The van der Waals surface area contributed by atoms with Crippen LogP contribution in [0.15, 0.2) is 64.4 Å². The zero-order valence-corrected chi connectivity index (χ0v) is 20.1. The maximum Gasteiger partial charge on any atom is 0.337 e. The minimum atomic E-state index is -0.373. The van der Waals surface area contributed by atoms with Gasteiger partial charge in [0.15, 0.2) is 5.16 Å². The maximum absolute atomic E-state index is 12.1. The molecule has 0 saturated heterocycles. The van der Waals surface area contributed by atoms with Gasteiger partial charge in [-0.2, -0.15) is 0 Å². The molecular weight excluding hydrogens is 448 g/mol. The van der Waals surface area contributed by atoms with E-state index in [0.29, 0.717) is 17.3 Å². The summed E-state index contributed by atoms with van der Waals surface area (Å²) in [6, 6.07) is 15.4. The number of thiol groups is 1. The van der Waals surface area contributed by atoms with Gasteiger partial charge in [0.05, 0.1) is 47.5 Å². The predicted octanol–water partition coefficient (Wildman–Crippen LogP) is 5.96. The molecule has 0 unspecified atom stereocenters. The van der Waals surface area contributed by atoms with E-state index >= 15 is 0 Å². The largest absolute Gasteiger partial charge is 0.467 e. The second kappa shape index (κ2) is 9.38. The van der Waals surface area contributed by atoms with Gasteiger partial charge in [-0.15, -0.1) is 12.6 Å². The van der Waals surface area contributed by atoms with Crippen LogP contribution in [0.1, 0.15) is 42.3 Å². The number of imidazole rings is 2. The number of aryl methyl sites for hydroxylation is 1. The first-order valence-electron chi connectivity index (χ1n) is 11.4. The summed E-state index contributed by atoms with van der Waals surface area (Å²) in [7, 11) is 1.39. The van der Waals surface area contributed by atoms with Gasteiger partial charge in [0.25, 0.3) is 0 Å². The highest BCUT2D eigenvalue weighted by atomic mass is 32.1. The topological polar surface area (TPSA) is 75.1 Å². The van der Waals surface area contributed by atoms with E-state index in [1.807, 2.05) is 34.9 Å². The number of benzene rings is 2. The second-order valence-corrected chi connectivity index (χ2v) is 8.64. The SMILES string of the molecule is CCCCCn1c(-c2cccc3nc(S)n(Cc4ccco4)c23)nc2cc(C(=O)OC)ccc21. The van der Waals surface area contributed by atoms with Crippen LogP contribution in [0.4, 0.5) is 0 Å². The van der Waals surface area contributed by atoms with Crippen molar-refractivity contribution in [3.8, 4) is 11.4 Å². The number of hydrogen-bond acceptors (Lipinski definition) is 6. The summed E-state index contributed by atoms with van der Waals surface area (Å²) in [5.74, 6) is 1.29. The van der Waals surface area contributed by atoms with Gasteiger partial charge in [-0.3, -0.25) is 0 Å². The lowest BCUT2D eigenvalue weighted by Crippen LogP contribution is -2.04. The van der Waals surface area contributed by atoms with Crippen LogP contribution in [0.5, 0.6) is 0 Å². The molecule has 0 saturated carbocycles. The molecule has 0 aliphatic carbocycles. The van der Waals surface area contributed by atoms with E-state index in [1.54, 1.807) is 18.4 Å². The van der Waals surface area contributed by atoms with E-state index in [4.69, 9.17) is 14.1 Å². The fraction of sp³-hybridized carbons (Fsp3) is 0.269. The Hall–Kier alpha value is -3.52. The minimum Gasteiger partial charge on any atom is -0.467 e. The van der Waals surface area contributed by atoms with Crippen LogP contribution in [0.25, 0.3) is 33.5 Å². The predicted molar refractivity (Wildman–Crippen MR) is 134 cm³/mol. The Morgan fingerprint density at radius 2 is 1.94 bits per heavy atom. The summed E-state index contributed by atoms with van der Waals surface area (Å²) in [5, 5.41) is 0.612. The molecule has 0 amide bonds. The van der Waals surface area contributed by atoms with Crippen LogP contribution in [0, 0.1) is 0 Å². The number of fused-ring (bicyclic) bond motifs is 2. The van der Waals surface area contributed by atoms with Crippen LogP contribution in [-0.4, -0.2) is 32.2 Å². The Bertz CT molecular complexity index is 1470. The molecule has 8 heteroatoms. The monoisotopic (exact) mass is 474 g/mol. The molecule has 7 nitrogen and oxygen atoms in total. The summed E-state index contributed by atoms with van der Waals surface area (Å²) in [6.07, 6.45) is 4.95. The average Bonchev–Trinajstić information content (AvgIpc) is 3.57. The second-order valence-electron chi connectivity index (χ2n) is 8.24. The highest BCUT2D eigenvalue weighted by molar-refractivity contribution is 7.80. The van der Waals surface area contributed by atoms with Gasteiger partial charge < -0.3 is 18.3 Å². The molecular formula is C26H26N4O3S. The summed E-state index contributed by atoms with van der Waals surface area (Å²) < 4.78 is 14.8. The molecule has 0 bridgehead atoms. The van der Waals surface area contributed by atoms with Gasteiger partial charge in [-0.25, -0.2) is 14.8 Å². The molecule has 174 valence electrons. The first-order chi connectivity index (χ1) is 16.6. The molecule has 0 fully saturated rings. The number of carbonyl (C=O) groups excluding carboxylic acids is 1. The lowest BCUT2D eigenvalue weighted by molar-refractivity contribution is 0.0601. The fourth-order valence-electron chi connectivity index (χ4n) is 4.39. The third-order valence-electron chi connectivity index (χ3n) is 6.04. The number of ether oxygens (including phenoxy) is 1. The molecule has 3 heterocycles. The Morgan fingerprint density at radius 3 is 2.71 bits per heavy atom. The van der Waals surface area contributed by atoms with Crippen molar-refractivity contribution in [2.75, 3.05) is 7.11 Å². The Kier molecular flexibility index (Phi) is 6.15. The van der Waals surface area contributed by atoms with E-state index in [2.05, 4.69) is 35.2 Å². The first-order valence-corrected chi connectivity index (χ1v) is 11.8. The number of aromatic nitrogens is 4. The van der Waals surface area contributed by atoms with Gasteiger partial charge >= 0.3 is 5.97 Å². The van der Waals surface area contributed by atoms with E-state index < -0.39 is 0 Å². The van der Waals surface area contributed by atoms with Gasteiger partial charge in [-0.1, -0.05) is 25.8 Å². The van der Waals surface area contributed by atoms with Crippen LogP contribution < -0.4 is 0 Å². The van der Waals surface area contributed by atoms with Crippen LogP contribution in [0.3, 0.4) is 0 Å². The van der Waals surface area contributed by atoms with Crippen molar-refractivity contribution in [2.24, 2.45) is 0 Å². The lowest BCUT2D eigenvalue weighted by atomic mass is 10.1. The number of rotatable bonds is 8. The number of esters is 1. The minimum absolute atomic E-state index is 0.373. The van der Waals surface area contributed by atoms with Gasteiger partial charge in [0.2, 0.25) is 0 Å². The molecule has 3 aromatic heterocycles.